The molecule has 0 saturated carbocycles. The molecule has 2 aromatic rings. The zero-order chi connectivity index (χ0) is 11.0. The zero-order valence-electron chi connectivity index (χ0n) is 8.26. The van der Waals surface area contributed by atoms with Crippen molar-refractivity contribution in [2.45, 2.75) is 6.92 Å². The van der Waals surface area contributed by atoms with Crippen LogP contribution in [0.3, 0.4) is 0 Å². The topological polar surface area (TPSA) is 68.0 Å². The maximum absolute atomic E-state index is 11.0. The van der Waals surface area contributed by atoms with Gasteiger partial charge in [0.1, 0.15) is 5.69 Å². The minimum atomic E-state index is -1.01. The largest absolute Gasteiger partial charge is 0.476 e. The second kappa shape index (κ2) is 3.47. The molecule has 5 nitrogen and oxygen atoms in total. The first kappa shape index (κ1) is 9.85. The number of thiophene rings is 1. The van der Waals surface area contributed by atoms with Crippen LogP contribution in [0, 0.1) is 6.92 Å². The van der Waals surface area contributed by atoms with Crippen LogP contribution in [0.4, 0.5) is 0 Å². The molecular weight excluding hydrogens is 214 g/mol. The van der Waals surface area contributed by atoms with E-state index >= 15 is 0 Å². The molecule has 2 aromatic heterocycles. The molecule has 2 heterocycles. The van der Waals surface area contributed by atoms with E-state index < -0.39 is 5.97 Å². The molecule has 0 aliphatic carbocycles. The van der Waals surface area contributed by atoms with Gasteiger partial charge in [0.05, 0.1) is 0 Å². The third kappa shape index (κ3) is 1.63. The van der Waals surface area contributed by atoms with E-state index in [-0.39, 0.29) is 5.69 Å². The van der Waals surface area contributed by atoms with E-state index in [0.717, 1.165) is 10.4 Å². The smallest absolute Gasteiger partial charge is 0.356 e. The molecule has 0 spiro atoms. The highest BCUT2D eigenvalue weighted by molar-refractivity contribution is 7.10. The molecule has 0 aliphatic heterocycles. The van der Waals surface area contributed by atoms with Gasteiger partial charge in [-0.05, 0) is 13.0 Å². The van der Waals surface area contributed by atoms with Crippen LogP contribution in [0.25, 0.3) is 11.3 Å². The van der Waals surface area contributed by atoms with Crippen LogP contribution < -0.4 is 0 Å². The van der Waals surface area contributed by atoms with Crippen LogP contribution in [0.15, 0.2) is 11.4 Å². The van der Waals surface area contributed by atoms with Crippen LogP contribution in [-0.2, 0) is 7.05 Å². The van der Waals surface area contributed by atoms with Crippen molar-refractivity contribution in [2.75, 3.05) is 0 Å². The van der Waals surface area contributed by atoms with Gasteiger partial charge in [-0.15, -0.1) is 16.4 Å². The standard InChI is InChI=1S/C9H9N3O2S/c1-5-3-6(4-15-5)7-8(9(13)14)12(2)11-10-7/h3-4H,1-2H3,(H,13,14). The molecule has 0 aliphatic rings. The number of carboxylic acids is 1. The Hall–Kier alpha value is -1.69. The summed E-state index contributed by atoms with van der Waals surface area (Å²) in [6, 6.07) is 1.90. The first-order valence-electron chi connectivity index (χ1n) is 4.28. The van der Waals surface area contributed by atoms with Crippen molar-refractivity contribution in [3.8, 4) is 11.3 Å². The molecule has 1 N–H and O–H groups in total. The van der Waals surface area contributed by atoms with Crippen molar-refractivity contribution in [3.63, 3.8) is 0 Å². The number of rotatable bonds is 2. The maximum Gasteiger partial charge on any atom is 0.356 e. The van der Waals surface area contributed by atoms with Gasteiger partial charge in [-0.2, -0.15) is 0 Å². The number of carbonyl (C=O) groups is 1. The normalized spacial score (nSPS) is 10.5. The van der Waals surface area contributed by atoms with Crippen molar-refractivity contribution in [1.82, 2.24) is 15.0 Å². The molecule has 0 saturated heterocycles. The average Bonchev–Trinajstić information content (AvgIpc) is 2.71. The minimum absolute atomic E-state index is 0.118. The fourth-order valence-electron chi connectivity index (χ4n) is 1.36. The van der Waals surface area contributed by atoms with Gasteiger partial charge in [-0.1, -0.05) is 5.21 Å². The Morgan fingerprint density at radius 1 is 1.60 bits per heavy atom. The van der Waals surface area contributed by atoms with E-state index in [1.54, 1.807) is 18.4 Å². The Balaban J connectivity index is 2.58. The van der Waals surface area contributed by atoms with Crippen LogP contribution >= 0.6 is 11.3 Å². The lowest BCUT2D eigenvalue weighted by Gasteiger charge is -1.95. The zero-order valence-corrected chi connectivity index (χ0v) is 9.08. The van der Waals surface area contributed by atoms with Gasteiger partial charge in [0.25, 0.3) is 0 Å². The summed E-state index contributed by atoms with van der Waals surface area (Å²) in [5.74, 6) is -1.01. The highest BCUT2D eigenvalue weighted by Gasteiger charge is 2.19. The summed E-state index contributed by atoms with van der Waals surface area (Å²) in [4.78, 5) is 12.1. The van der Waals surface area contributed by atoms with E-state index in [0.29, 0.717) is 5.69 Å². The van der Waals surface area contributed by atoms with Gasteiger partial charge < -0.3 is 5.11 Å². The van der Waals surface area contributed by atoms with Gasteiger partial charge >= 0.3 is 5.97 Å². The maximum atomic E-state index is 11.0. The molecule has 0 atom stereocenters. The molecule has 0 aromatic carbocycles. The lowest BCUT2D eigenvalue weighted by molar-refractivity contribution is 0.0686. The quantitative estimate of drug-likeness (QED) is 0.838. The number of aryl methyl sites for hydroxylation is 2. The van der Waals surface area contributed by atoms with Crippen LogP contribution in [0.2, 0.25) is 0 Å². The van der Waals surface area contributed by atoms with Crippen molar-refractivity contribution < 1.29 is 9.90 Å². The number of hydrogen-bond donors (Lipinski definition) is 1. The summed E-state index contributed by atoms with van der Waals surface area (Å²) in [6.45, 7) is 1.96. The average molecular weight is 223 g/mol. The molecular formula is C9H9N3O2S. The monoisotopic (exact) mass is 223 g/mol. The lowest BCUT2D eigenvalue weighted by atomic mass is 10.2. The Bertz CT molecular complexity index is 515. The van der Waals surface area contributed by atoms with Crippen molar-refractivity contribution >= 4 is 17.3 Å². The molecule has 6 heteroatoms. The number of carboxylic acid groups (broad SMARTS) is 1. The Morgan fingerprint density at radius 3 is 2.87 bits per heavy atom. The Labute approximate surface area is 90.0 Å². The van der Waals surface area contributed by atoms with Crippen molar-refractivity contribution in [1.29, 1.82) is 0 Å². The summed E-state index contributed by atoms with van der Waals surface area (Å²) >= 11 is 1.56. The Morgan fingerprint density at radius 2 is 2.33 bits per heavy atom. The number of nitrogens with zero attached hydrogens (tertiary/aromatic N) is 3. The number of aromatic carboxylic acids is 1. The first-order chi connectivity index (χ1) is 7.09. The van der Waals surface area contributed by atoms with E-state index in [1.807, 2.05) is 18.4 Å². The van der Waals surface area contributed by atoms with E-state index in [4.69, 9.17) is 5.11 Å². The van der Waals surface area contributed by atoms with Crippen LogP contribution in [0.5, 0.6) is 0 Å². The molecule has 78 valence electrons. The van der Waals surface area contributed by atoms with Gasteiger partial charge in [-0.25, -0.2) is 9.48 Å². The molecule has 0 radical (unpaired) electrons. The molecule has 15 heavy (non-hydrogen) atoms. The summed E-state index contributed by atoms with van der Waals surface area (Å²) < 4.78 is 1.27. The third-order valence-electron chi connectivity index (χ3n) is 2.03. The second-order valence-electron chi connectivity index (χ2n) is 3.16. The minimum Gasteiger partial charge on any atom is -0.476 e. The van der Waals surface area contributed by atoms with Gasteiger partial charge in [0, 0.05) is 22.9 Å². The van der Waals surface area contributed by atoms with Gasteiger partial charge in [0.2, 0.25) is 0 Å². The predicted octanol–water partition coefficient (Wildman–Crippen LogP) is 1.55. The molecule has 2 rings (SSSR count). The van der Waals surface area contributed by atoms with E-state index in [9.17, 15) is 4.79 Å². The van der Waals surface area contributed by atoms with Gasteiger partial charge in [-0.3, -0.25) is 0 Å². The van der Waals surface area contributed by atoms with E-state index in [1.165, 1.54) is 4.68 Å². The highest BCUT2D eigenvalue weighted by atomic mass is 32.1. The molecule has 0 fully saturated rings. The second-order valence-corrected chi connectivity index (χ2v) is 4.28. The van der Waals surface area contributed by atoms with Crippen LogP contribution in [-0.4, -0.2) is 26.1 Å². The van der Waals surface area contributed by atoms with Crippen molar-refractivity contribution in [3.05, 3.63) is 22.0 Å². The Kier molecular flexibility index (Phi) is 2.28. The number of aromatic nitrogens is 3. The fourth-order valence-corrected chi connectivity index (χ4v) is 2.05. The predicted molar refractivity (Wildman–Crippen MR) is 56.0 cm³/mol. The van der Waals surface area contributed by atoms with E-state index in [2.05, 4.69) is 10.3 Å². The molecule has 0 amide bonds. The summed E-state index contributed by atoms with van der Waals surface area (Å²) in [7, 11) is 1.57. The fraction of sp³-hybridized carbons (Fsp3) is 0.222. The summed E-state index contributed by atoms with van der Waals surface area (Å²) in [5.41, 5.74) is 1.35. The summed E-state index contributed by atoms with van der Waals surface area (Å²) in [5, 5.41) is 18.5. The SMILES string of the molecule is Cc1cc(-c2nnn(C)c2C(=O)O)cs1. The van der Waals surface area contributed by atoms with Gasteiger partial charge in [0.15, 0.2) is 5.69 Å². The molecule has 0 bridgehead atoms. The number of hydrogen-bond acceptors (Lipinski definition) is 4. The first-order valence-corrected chi connectivity index (χ1v) is 5.16. The lowest BCUT2D eigenvalue weighted by Crippen LogP contribution is -2.06. The third-order valence-corrected chi connectivity index (χ3v) is 2.89. The molecule has 0 unspecified atom stereocenters. The van der Waals surface area contributed by atoms with Crippen LogP contribution in [0.1, 0.15) is 15.4 Å². The summed E-state index contributed by atoms with van der Waals surface area (Å²) in [6.07, 6.45) is 0. The van der Waals surface area contributed by atoms with Crippen molar-refractivity contribution in [2.24, 2.45) is 7.05 Å². The highest BCUT2D eigenvalue weighted by Crippen LogP contribution is 2.25.